The minimum Gasteiger partial charge on any atom is -0.388 e. The number of pyridine rings is 1. The predicted molar refractivity (Wildman–Crippen MR) is 76.5 cm³/mol. The Balaban J connectivity index is 2.38. The van der Waals surface area contributed by atoms with Crippen molar-refractivity contribution < 1.29 is 9.59 Å². The summed E-state index contributed by atoms with van der Waals surface area (Å²) < 4.78 is 0. The third-order valence-electron chi connectivity index (χ3n) is 2.43. The first-order valence-corrected chi connectivity index (χ1v) is 6.38. The van der Waals surface area contributed by atoms with Crippen molar-refractivity contribution in [3.05, 3.63) is 41.9 Å². The number of nitriles is 1. The molecule has 0 aromatic carbocycles. The molecule has 0 saturated heterocycles. The van der Waals surface area contributed by atoms with Crippen LogP contribution < -0.4 is 16.0 Å². The van der Waals surface area contributed by atoms with Crippen LogP contribution in [-0.2, 0) is 16.1 Å². The van der Waals surface area contributed by atoms with E-state index in [-0.39, 0.29) is 11.5 Å². The van der Waals surface area contributed by atoms with Gasteiger partial charge in [0.05, 0.1) is 0 Å². The Morgan fingerprint density at radius 1 is 1.38 bits per heavy atom. The van der Waals surface area contributed by atoms with Gasteiger partial charge in [-0.05, 0) is 11.6 Å². The number of nitrogens with zero attached hydrogens (tertiary/aromatic N) is 2. The molecule has 0 atom stereocenters. The lowest BCUT2D eigenvalue weighted by atomic mass is 10.2. The zero-order valence-corrected chi connectivity index (χ0v) is 11.7. The average Bonchev–Trinajstić information content (AvgIpc) is 2.49. The van der Waals surface area contributed by atoms with E-state index in [1.165, 1.54) is 13.1 Å². The lowest BCUT2D eigenvalue weighted by Gasteiger charge is -2.05. The van der Waals surface area contributed by atoms with E-state index < -0.39 is 5.91 Å². The molecule has 21 heavy (non-hydrogen) atoms. The largest absolute Gasteiger partial charge is 0.388 e. The fourth-order valence-electron chi connectivity index (χ4n) is 1.41. The highest BCUT2D eigenvalue weighted by Gasteiger charge is 2.07. The number of hydrogen-bond donors (Lipinski definition) is 3. The summed E-state index contributed by atoms with van der Waals surface area (Å²) >= 11 is 0. The minimum absolute atomic E-state index is 0.0262. The van der Waals surface area contributed by atoms with E-state index in [0.29, 0.717) is 19.6 Å². The Morgan fingerprint density at radius 3 is 2.81 bits per heavy atom. The molecule has 0 fully saturated rings. The molecule has 0 bridgehead atoms. The van der Waals surface area contributed by atoms with Gasteiger partial charge in [0.1, 0.15) is 11.6 Å². The molecule has 2 amide bonds. The third-order valence-corrected chi connectivity index (χ3v) is 2.43. The Bertz CT molecular complexity index is 548. The van der Waals surface area contributed by atoms with Gasteiger partial charge in [-0.1, -0.05) is 6.07 Å². The summed E-state index contributed by atoms with van der Waals surface area (Å²) in [7, 11) is 0. The quantitative estimate of drug-likeness (QED) is 0.367. The standard InChI is InChI=1S/C14H17N5O2/c1-11(20)18-6-5-17-10-13(7-15)14(21)19-9-12-3-2-4-16-8-12/h2-4,8,10,17H,5-6,9H2,1H3,(H,18,20)(H,19,21)/b13-10-. The summed E-state index contributed by atoms with van der Waals surface area (Å²) in [4.78, 5) is 26.4. The second-order valence-electron chi connectivity index (χ2n) is 4.15. The van der Waals surface area contributed by atoms with Gasteiger partial charge in [-0.2, -0.15) is 5.26 Å². The Hall–Kier alpha value is -2.88. The monoisotopic (exact) mass is 287 g/mol. The summed E-state index contributed by atoms with van der Waals surface area (Å²) in [6, 6.07) is 5.42. The second-order valence-corrected chi connectivity index (χ2v) is 4.15. The van der Waals surface area contributed by atoms with Gasteiger partial charge < -0.3 is 16.0 Å². The highest BCUT2D eigenvalue weighted by atomic mass is 16.2. The van der Waals surface area contributed by atoms with E-state index in [0.717, 1.165) is 5.56 Å². The summed E-state index contributed by atoms with van der Waals surface area (Å²) in [6.07, 6.45) is 4.62. The van der Waals surface area contributed by atoms with Crippen LogP contribution in [0.5, 0.6) is 0 Å². The first kappa shape index (κ1) is 16.2. The molecule has 1 aromatic rings. The van der Waals surface area contributed by atoms with Gasteiger partial charge in [0.2, 0.25) is 5.91 Å². The van der Waals surface area contributed by atoms with Crippen molar-refractivity contribution in [1.29, 1.82) is 5.26 Å². The zero-order chi connectivity index (χ0) is 15.5. The smallest absolute Gasteiger partial charge is 0.263 e. The number of amides is 2. The number of rotatable bonds is 7. The number of nitrogens with one attached hydrogen (secondary N) is 3. The van der Waals surface area contributed by atoms with Gasteiger partial charge in [0, 0.05) is 45.2 Å². The van der Waals surface area contributed by atoms with Crippen molar-refractivity contribution in [3.8, 4) is 6.07 Å². The van der Waals surface area contributed by atoms with E-state index in [1.54, 1.807) is 18.5 Å². The molecule has 0 unspecified atom stereocenters. The molecule has 1 heterocycles. The van der Waals surface area contributed by atoms with Crippen molar-refractivity contribution in [2.75, 3.05) is 13.1 Å². The Kier molecular flexibility index (Phi) is 7.00. The maximum atomic E-state index is 11.8. The number of carbonyl (C=O) groups is 2. The normalized spacial score (nSPS) is 10.4. The molecule has 7 nitrogen and oxygen atoms in total. The third kappa shape index (κ3) is 6.73. The van der Waals surface area contributed by atoms with Crippen molar-refractivity contribution in [1.82, 2.24) is 20.9 Å². The number of carbonyl (C=O) groups excluding carboxylic acids is 2. The van der Waals surface area contributed by atoms with Gasteiger partial charge >= 0.3 is 0 Å². The molecule has 0 saturated carbocycles. The maximum absolute atomic E-state index is 11.8. The molecule has 7 heteroatoms. The van der Waals surface area contributed by atoms with Crippen LogP contribution in [0.2, 0.25) is 0 Å². The lowest BCUT2D eigenvalue weighted by Crippen LogP contribution is -2.29. The second kappa shape index (κ2) is 9.09. The summed E-state index contributed by atoms with van der Waals surface area (Å²) in [5.74, 6) is -0.594. The van der Waals surface area contributed by atoms with Gasteiger partial charge in [-0.25, -0.2) is 0 Å². The van der Waals surface area contributed by atoms with Gasteiger partial charge in [-0.15, -0.1) is 0 Å². The lowest BCUT2D eigenvalue weighted by molar-refractivity contribution is -0.119. The van der Waals surface area contributed by atoms with E-state index in [4.69, 9.17) is 5.26 Å². The topological polar surface area (TPSA) is 107 Å². The highest BCUT2D eigenvalue weighted by molar-refractivity contribution is 5.97. The predicted octanol–water partition coefficient (Wildman–Crippen LogP) is -0.169. The first-order chi connectivity index (χ1) is 10.1. The molecule has 110 valence electrons. The Labute approximate surface area is 123 Å². The fraction of sp³-hybridized carbons (Fsp3) is 0.286. The first-order valence-electron chi connectivity index (χ1n) is 6.38. The van der Waals surface area contributed by atoms with Crippen molar-refractivity contribution >= 4 is 11.8 Å². The van der Waals surface area contributed by atoms with Crippen LogP contribution in [0.25, 0.3) is 0 Å². The molecule has 1 aromatic heterocycles. The van der Waals surface area contributed by atoms with Crippen molar-refractivity contribution in [3.63, 3.8) is 0 Å². The van der Waals surface area contributed by atoms with Crippen molar-refractivity contribution in [2.45, 2.75) is 13.5 Å². The van der Waals surface area contributed by atoms with Crippen LogP contribution in [0.15, 0.2) is 36.3 Å². The van der Waals surface area contributed by atoms with Crippen LogP contribution in [0.1, 0.15) is 12.5 Å². The molecular formula is C14H17N5O2. The highest BCUT2D eigenvalue weighted by Crippen LogP contribution is 1.96. The molecule has 0 aliphatic heterocycles. The number of aromatic nitrogens is 1. The minimum atomic E-state index is -0.464. The fourth-order valence-corrected chi connectivity index (χ4v) is 1.41. The molecule has 0 aliphatic carbocycles. The van der Waals surface area contributed by atoms with E-state index in [9.17, 15) is 9.59 Å². The molecular weight excluding hydrogens is 270 g/mol. The van der Waals surface area contributed by atoms with Gasteiger partial charge in [0.15, 0.2) is 0 Å². The zero-order valence-electron chi connectivity index (χ0n) is 11.7. The summed E-state index contributed by atoms with van der Waals surface area (Å²) in [6.45, 7) is 2.57. The van der Waals surface area contributed by atoms with Crippen LogP contribution in [0.4, 0.5) is 0 Å². The summed E-state index contributed by atoms with van der Waals surface area (Å²) in [5, 5.41) is 17.0. The van der Waals surface area contributed by atoms with Gasteiger partial charge in [-0.3, -0.25) is 14.6 Å². The molecule has 0 spiro atoms. The molecule has 0 radical (unpaired) electrons. The molecule has 1 rings (SSSR count). The van der Waals surface area contributed by atoms with E-state index >= 15 is 0 Å². The van der Waals surface area contributed by atoms with Crippen LogP contribution >= 0.6 is 0 Å². The van der Waals surface area contributed by atoms with Gasteiger partial charge in [0.25, 0.3) is 5.91 Å². The van der Waals surface area contributed by atoms with E-state index in [2.05, 4.69) is 20.9 Å². The Morgan fingerprint density at radius 2 is 2.19 bits per heavy atom. The molecule has 0 aliphatic rings. The summed E-state index contributed by atoms with van der Waals surface area (Å²) in [5.41, 5.74) is 0.823. The number of hydrogen-bond acceptors (Lipinski definition) is 5. The van der Waals surface area contributed by atoms with Crippen molar-refractivity contribution in [2.24, 2.45) is 0 Å². The molecule has 3 N–H and O–H groups in total. The van der Waals surface area contributed by atoms with Crippen LogP contribution in [-0.4, -0.2) is 29.9 Å². The SMILES string of the molecule is CC(=O)NCCN/C=C(/C#N)C(=O)NCc1cccnc1. The average molecular weight is 287 g/mol. The van der Waals surface area contributed by atoms with Crippen LogP contribution in [0, 0.1) is 11.3 Å². The van der Waals surface area contributed by atoms with E-state index in [1.807, 2.05) is 12.1 Å². The maximum Gasteiger partial charge on any atom is 0.263 e. The van der Waals surface area contributed by atoms with Crippen LogP contribution in [0.3, 0.4) is 0 Å².